The molecule has 0 aliphatic heterocycles. The summed E-state index contributed by atoms with van der Waals surface area (Å²) in [5.41, 5.74) is 0.217. The van der Waals surface area contributed by atoms with Crippen molar-refractivity contribution in [3.63, 3.8) is 0 Å². The monoisotopic (exact) mass is 252 g/mol. The van der Waals surface area contributed by atoms with Gasteiger partial charge in [-0.1, -0.05) is 23.2 Å². The van der Waals surface area contributed by atoms with Gasteiger partial charge in [-0.3, -0.25) is 0 Å². The van der Waals surface area contributed by atoms with Gasteiger partial charge in [0.15, 0.2) is 6.10 Å². The van der Waals surface area contributed by atoms with Crippen LogP contribution in [0.25, 0.3) is 0 Å². The van der Waals surface area contributed by atoms with E-state index in [0.717, 1.165) is 12.1 Å². The SMILES string of the molecule is O=C(O)C(O)Cc1c(Cl)cc(F)cc1Cl. The number of hydrogen-bond acceptors (Lipinski definition) is 2. The first-order valence-electron chi connectivity index (χ1n) is 3.96. The first-order chi connectivity index (χ1) is 6.91. The molecule has 2 N–H and O–H groups in total. The second kappa shape index (κ2) is 4.79. The average molecular weight is 253 g/mol. The molecular weight excluding hydrogens is 246 g/mol. The lowest BCUT2D eigenvalue weighted by Crippen LogP contribution is -2.22. The maximum absolute atomic E-state index is 12.8. The molecule has 0 aliphatic rings. The summed E-state index contributed by atoms with van der Waals surface area (Å²) >= 11 is 11.3. The van der Waals surface area contributed by atoms with E-state index in [4.69, 9.17) is 33.4 Å². The van der Waals surface area contributed by atoms with Crippen LogP contribution in [0.5, 0.6) is 0 Å². The van der Waals surface area contributed by atoms with E-state index in [1.807, 2.05) is 0 Å². The van der Waals surface area contributed by atoms with E-state index in [1.165, 1.54) is 0 Å². The number of halogens is 3. The highest BCUT2D eigenvalue weighted by molar-refractivity contribution is 6.36. The van der Waals surface area contributed by atoms with Gasteiger partial charge in [0.1, 0.15) is 5.82 Å². The molecule has 0 aliphatic carbocycles. The van der Waals surface area contributed by atoms with Crippen LogP contribution in [-0.4, -0.2) is 22.3 Å². The number of aliphatic hydroxyl groups is 1. The number of hydrogen-bond donors (Lipinski definition) is 2. The number of carboxylic acids is 1. The van der Waals surface area contributed by atoms with Crippen LogP contribution in [0.2, 0.25) is 10.0 Å². The topological polar surface area (TPSA) is 57.5 Å². The van der Waals surface area contributed by atoms with Crippen molar-refractivity contribution in [3.05, 3.63) is 33.6 Å². The molecule has 1 aromatic rings. The van der Waals surface area contributed by atoms with E-state index in [0.29, 0.717) is 0 Å². The quantitative estimate of drug-likeness (QED) is 0.867. The smallest absolute Gasteiger partial charge is 0.332 e. The molecule has 1 atom stereocenters. The van der Waals surface area contributed by atoms with Gasteiger partial charge >= 0.3 is 5.97 Å². The van der Waals surface area contributed by atoms with Crippen molar-refractivity contribution < 1.29 is 19.4 Å². The number of rotatable bonds is 3. The van der Waals surface area contributed by atoms with E-state index in [9.17, 15) is 9.18 Å². The largest absolute Gasteiger partial charge is 0.479 e. The minimum atomic E-state index is -1.61. The van der Waals surface area contributed by atoms with Crippen LogP contribution >= 0.6 is 23.2 Å². The van der Waals surface area contributed by atoms with E-state index in [-0.39, 0.29) is 22.0 Å². The van der Waals surface area contributed by atoms with Crippen molar-refractivity contribution >= 4 is 29.2 Å². The molecule has 0 amide bonds. The zero-order valence-electron chi connectivity index (χ0n) is 7.38. The summed E-state index contributed by atoms with van der Waals surface area (Å²) in [7, 11) is 0. The van der Waals surface area contributed by atoms with Crippen LogP contribution in [0.3, 0.4) is 0 Å². The molecule has 1 unspecified atom stereocenters. The first-order valence-corrected chi connectivity index (χ1v) is 4.71. The van der Waals surface area contributed by atoms with Gasteiger partial charge in [-0.15, -0.1) is 0 Å². The van der Waals surface area contributed by atoms with Crippen LogP contribution in [-0.2, 0) is 11.2 Å². The van der Waals surface area contributed by atoms with E-state index >= 15 is 0 Å². The van der Waals surface area contributed by atoms with Crippen LogP contribution in [0.15, 0.2) is 12.1 Å². The van der Waals surface area contributed by atoms with E-state index in [2.05, 4.69) is 0 Å². The van der Waals surface area contributed by atoms with E-state index < -0.39 is 17.9 Å². The second-order valence-corrected chi connectivity index (χ2v) is 3.72. The van der Waals surface area contributed by atoms with Crippen LogP contribution in [0, 0.1) is 5.82 Å². The summed E-state index contributed by atoms with van der Waals surface area (Å²) in [5, 5.41) is 17.6. The first kappa shape index (κ1) is 12.2. The van der Waals surface area contributed by atoms with Crippen LogP contribution < -0.4 is 0 Å². The number of carboxylic acid groups (broad SMARTS) is 1. The molecular formula is C9H7Cl2FO3. The van der Waals surface area contributed by atoms with Crippen molar-refractivity contribution in [2.75, 3.05) is 0 Å². The standard InChI is InChI=1S/C9H7Cl2FO3/c10-6-1-4(12)2-7(11)5(6)3-8(13)9(14)15/h1-2,8,13H,3H2,(H,14,15). The molecule has 1 aromatic carbocycles. The molecule has 0 heterocycles. The van der Waals surface area contributed by atoms with Crippen molar-refractivity contribution in [2.24, 2.45) is 0 Å². The molecule has 0 bridgehead atoms. The molecule has 3 nitrogen and oxygen atoms in total. The minimum Gasteiger partial charge on any atom is -0.479 e. The van der Waals surface area contributed by atoms with Gasteiger partial charge < -0.3 is 10.2 Å². The Hall–Kier alpha value is -0.840. The highest BCUT2D eigenvalue weighted by Gasteiger charge is 2.18. The Kier molecular flexibility index (Phi) is 3.90. The summed E-state index contributed by atoms with van der Waals surface area (Å²) in [4.78, 5) is 10.4. The molecule has 1 rings (SSSR count). The number of benzene rings is 1. The Morgan fingerprint density at radius 3 is 2.27 bits per heavy atom. The van der Waals surface area contributed by atoms with Crippen molar-refractivity contribution in [2.45, 2.75) is 12.5 Å². The third-order valence-corrected chi connectivity index (χ3v) is 2.46. The molecule has 0 saturated heterocycles. The Balaban J connectivity index is 3.00. The van der Waals surface area contributed by atoms with Gasteiger partial charge in [0, 0.05) is 16.5 Å². The third kappa shape index (κ3) is 3.06. The summed E-state index contributed by atoms with van der Waals surface area (Å²) in [6, 6.07) is 2.02. The van der Waals surface area contributed by atoms with Gasteiger partial charge in [-0.2, -0.15) is 0 Å². The highest BCUT2D eigenvalue weighted by atomic mass is 35.5. The van der Waals surface area contributed by atoms with Crippen LogP contribution in [0.4, 0.5) is 4.39 Å². The fraction of sp³-hybridized carbons (Fsp3) is 0.222. The summed E-state index contributed by atoms with van der Waals surface area (Å²) in [6.07, 6.45) is -1.86. The summed E-state index contributed by atoms with van der Waals surface area (Å²) < 4.78 is 12.8. The van der Waals surface area contributed by atoms with Gasteiger partial charge in [-0.05, 0) is 17.7 Å². The maximum Gasteiger partial charge on any atom is 0.332 e. The van der Waals surface area contributed by atoms with E-state index in [1.54, 1.807) is 0 Å². The Bertz CT molecular complexity index is 372. The maximum atomic E-state index is 12.8. The lowest BCUT2D eigenvalue weighted by Gasteiger charge is -2.09. The van der Waals surface area contributed by atoms with Crippen molar-refractivity contribution in [1.29, 1.82) is 0 Å². The van der Waals surface area contributed by atoms with Crippen molar-refractivity contribution in [3.8, 4) is 0 Å². The lowest BCUT2D eigenvalue weighted by molar-refractivity contribution is -0.146. The summed E-state index contributed by atoms with van der Waals surface area (Å²) in [6.45, 7) is 0. The Morgan fingerprint density at radius 1 is 1.40 bits per heavy atom. The van der Waals surface area contributed by atoms with Crippen molar-refractivity contribution in [1.82, 2.24) is 0 Å². The minimum absolute atomic E-state index is 0.000278. The number of aliphatic carboxylic acids is 1. The molecule has 82 valence electrons. The number of carbonyl (C=O) groups is 1. The molecule has 0 fully saturated rings. The average Bonchev–Trinajstić information content (AvgIpc) is 2.10. The second-order valence-electron chi connectivity index (χ2n) is 2.91. The molecule has 0 spiro atoms. The van der Waals surface area contributed by atoms with Gasteiger partial charge in [0.05, 0.1) is 0 Å². The predicted octanol–water partition coefficient (Wildman–Crippen LogP) is 2.12. The molecule has 15 heavy (non-hydrogen) atoms. The van der Waals surface area contributed by atoms with Crippen LogP contribution in [0.1, 0.15) is 5.56 Å². The fourth-order valence-electron chi connectivity index (χ4n) is 1.05. The molecule has 6 heteroatoms. The van der Waals surface area contributed by atoms with Gasteiger partial charge in [0.2, 0.25) is 0 Å². The Labute approximate surface area is 95.0 Å². The highest BCUT2D eigenvalue weighted by Crippen LogP contribution is 2.27. The molecule has 0 aromatic heterocycles. The molecule has 0 radical (unpaired) electrons. The lowest BCUT2D eigenvalue weighted by atomic mass is 10.1. The van der Waals surface area contributed by atoms with Gasteiger partial charge in [-0.25, -0.2) is 9.18 Å². The normalized spacial score (nSPS) is 12.5. The third-order valence-electron chi connectivity index (χ3n) is 1.79. The van der Waals surface area contributed by atoms with Gasteiger partial charge in [0.25, 0.3) is 0 Å². The zero-order valence-corrected chi connectivity index (χ0v) is 8.89. The predicted molar refractivity (Wildman–Crippen MR) is 53.8 cm³/mol. The number of aliphatic hydroxyl groups excluding tert-OH is 1. The Morgan fingerprint density at radius 2 is 1.87 bits per heavy atom. The fourth-order valence-corrected chi connectivity index (χ4v) is 1.66. The zero-order chi connectivity index (χ0) is 11.6. The molecule has 0 saturated carbocycles. The summed E-state index contributed by atoms with van der Waals surface area (Å²) in [5.74, 6) is -2.00.